The van der Waals surface area contributed by atoms with Crippen molar-refractivity contribution in [2.24, 2.45) is 11.8 Å². The summed E-state index contributed by atoms with van der Waals surface area (Å²) in [4.78, 5) is 33.8. The number of carbonyl (C=O) groups excluding carboxylic acids is 2. The fourth-order valence-corrected chi connectivity index (χ4v) is 5.79. The molecule has 5 rings (SSSR count). The zero-order valence-electron chi connectivity index (χ0n) is 21.1. The number of piperidine rings is 1. The number of fused-ring (bicyclic) bond motifs is 1. The Labute approximate surface area is 214 Å². The minimum Gasteiger partial charge on any atom is -0.361 e. The lowest BCUT2D eigenvalue weighted by Crippen LogP contribution is -2.44. The number of amides is 2. The SMILES string of the molecule is O=C(CN(C(=O)c1ccc2cc[nH]c2c1)c1ccccc1)NCC1CCN(CC2CCCCC2)CC1. The summed E-state index contributed by atoms with van der Waals surface area (Å²) >= 11 is 0. The molecular weight excluding hydrogens is 448 g/mol. The highest BCUT2D eigenvalue weighted by Crippen LogP contribution is 2.26. The van der Waals surface area contributed by atoms with E-state index in [0.29, 0.717) is 18.0 Å². The number of hydrogen-bond donors (Lipinski definition) is 2. The topological polar surface area (TPSA) is 68.4 Å². The normalized spacial score (nSPS) is 17.8. The second kappa shape index (κ2) is 11.7. The molecule has 1 saturated carbocycles. The summed E-state index contributed by atoms with van der Waals surface area (Å²) in [5, 5.41) is 4.18. The van der Waals surface area contributed by atoms with Crippen LogP contribution in [0.2, 0.25) is 0 Å². The first-order chi connectivity index (χ1) is 17.7. The minimum absolute atomic E-state index is 0.00609. The van der Waals surface area contributed by atoms with Crippen molar-refractivity contribution < 1.29 is 9.59 Å². The molecule has 2 N–H and O–H groups in total. The fourth-order valence-electron chi connectivity index (χ4n) is 5.79. The third kappa shape index (κ3) is 6.16. The van der Waals surface area contributed by atoms with Crippen LogP contribution in [0.25, 0.3) is 10.9 Å². The van der Waals surface area contributed by atoms with Gasteiger partial charge in [0.05, 0.1) is 0 Å². The number of nitrogens with one attached hydrogen (secondary N) is 2. The van der Waals surface area contributed by atoms with Gasteiger partial charge >= 0.3 is 0 Å². The summed E-state index contributed by atoms with van der Waals surface area (Å²) in [6.07, 6.45) is 11.1. The van der Waals surface area contributed by atoms with Crippen LogP contribution in [0.3, 0.4) is 0 Å². The van der Waals surface area contributed by atoms with Crippen LogP contribution in [0.1, 0.15) is 55.3 Å². The summed E-state index contributed by atoms with van der Waals surface area (Å²) in [7, 11) is 0. The monoisotopic (exact) mass is 486 g/mol. The van der Waals surface area contributed by atoms with E-state index in [4.69, 9.17) is 0 Å². The van der Waals surface area contributed by atoms with Crippen LogP contribution in [-0.2, 0) is 4.79 Å². The molecule has 0 unspecified atom stereocenters. The number of carbonyl (C=O) groups is 2. The second-order valence-electron chi connectivity index (χ2n) is 10.6. The van der Waals surface area contributed by atoms with Crippen molar-refractivity contribution >= 4 is 28.4 Å². The third-order valence-corrected chi connectivity index (χ3v) is 7.95. The first-order valence-electron chi connectivity index (χ1n) is 13.6. The van der Waals surface area contributed by atoms with E-state index in [1.807, 2.05) is 60.8 Å². The van der Waals surface area contributed by atoms with E-state index in [9.17, 15) is 9.59 Å². The van der Waals surface area contributed by atoms with Crippen molar-refractivity contribution in [1.29, 1.82) is 0 Å². The van der Waals surface area contributed by atoms with E-state index in [1.54, 1.807) is 4.90 Å². The summed E-state index contributed by atoms with van der Waals surface area (Å²) < 4.78 is 0. The number of nitrogens with zero attached hydrogens (tertiary/aromatic N) is 2. The Hall–Kier alpha value is -3.12. The molecule has 1 aromatic heterocycles. The molecule has 2 aliphatic rings. The molecule has 2 aromatic carbocycles. The van der Waals surface area contributed by atoms with Crippen molar-refractivity contribution in [2.45, 2.75) is 44.9 Å². The Morgan fingerprint density at radius 2 is 1.69 bits per heavy atom. The van der Waals surface area contributed by atoms with E-state index < -0.39 is 0 Å². The summed E-state index contributed by atoms with van der Waals surface area (Å²) in [5.74, 6) is 1.10. The minimum atomic E-state index is -0.177. The molecule has 6 nitrogen and oxygen atoms in total. The number of hydrogen-bond acceptors (Lipinski definition) is 3. The Balaban J connectivity index is 1.15. The highest BCUT2D eigenvalue weighted by atomic mass is 16.2. The van der Waals surface area contributed by atoms with Crippen molar-refractivity contribution in [1.82, 2.24) is 15.2 Å². The number of rotatable bonds is 8. The van der Waals surface area contributed by atoms with E-state index in [-0.39, 0.29) is 18.4 Å². The second-order valence-corrected chi connectivity index (χ2v) is 10.6. The van der Waals surface area contributed by atoms with Crippen LogP contribution < -0.4 is 10.2 Å². The van der Waals surface area contributed by atoms with Gasteiger partial charge in [-0.1, -0.05) is 43.5 Å². The quantitative estimate of drug-likeness (QED) is 0.459. The zero-order valence-corrected chi connectivity index (χ0v) is 21.1. The van der Waals surface area contributed by atoms with Gasteiger partial charge in [-0.25, -0.2) is 0 Å². The lowest BCUT2D eigenvalue weighted by Gasteiger charge is -2.35. The smallest absolute Gasteiger partial charge is 0.258 e. The lowest BCUT2D eigenvalue weighted by atomic mass is 9.88. The average molecular weight is 487 g/mol. The van der Waals surface area contributed by atoms with Gasteiger partial charge in [0.1, 0.15) is 6.54 Å². The van der Waals surface area contributed by atoms with Crippen molar-refractivity contribution in [3.63, 3.8) is 0 Å². The predicted octanol–water partition coefficient (Wildman–Crippen LogP) is 5.22. The molecule has 2 fully saturated rings. The Morgan fingerprint density at radius 1 is 0.917 bits per heavy atom. The van der Waals surface area contributed by atoms with Gasteiger partial charge in [-0.2, -0.15) is 0 Å². The van der Waals surface area contributed by atoms with Gasteiger partial charge in [0.15, 0.2) is 0 Å². The average Bonchev–Trinajstić information content (AvgIpc) is 3.40. The third-order valence-electron chi connectivity index (χ3n) is 7.95. The molecule has 0 bridgehead atoms. The molecule has 0 radical (unpaired) electrons. The van der Waals surface area contributed by atoms with Crippen molar-refractivity contribution in [2.75, 3.05) is 37.6 Å². The number of H-pyrrole nitrogens is 1. The highest BCUT2D eigenvalue weighted by molar-refractivity contribution is 6.10. The first-order valence-corrected chi connectivity index (χ1v) is 13.6. The van der Waals surface area contributed by atoms with Crippen LogP contribution in [0.15, 0.2) is 60.8 Å². The van der Waals surface area contributed by atoms with E-state index in [0.717, 1.165) is 48.4 Å². The summed E-state index contributed by atoms with van der Waals surface area (Å²) in [6.45, 7) is 4.20. The maximum atomic E-state index is 13.5. The van der Waals surface area contributed by atoms with Crippen molar-refractivity contribution in [3.8, 4) is 0 Å². The number of likely N-dealkylation sites (tertiary alicyclic amines) is 1. The molecule has 190 valence electrons. The molecular formula is C30H38N4O2. The number of para-hydroxylation sites is 1. The van der Waals surface area contributed by atoms with Crippen LogP contribution in [0, 0.1) is 11.8 Å². The maximum Gasteiger partial charge on any atom is 0.258 e. The molecule has 6 heteroatoms. The molecule has 0 spiro atoms. The van der Waals surface area contributed by atoms with Crippen LogP contribution in [0.5, 0.6) is 0 Å². The Bertz CT molecular complexity index is 1140. The van der Waals surface area contributed by atoms with Crippen molar-refractivity contribution in [3.05, 3.63) is 66.4 Å². The molecule has 2 amide bonds. The van der Waals surface area contributed by atoms with E-state index in [1.165, 1.54) is 38.6 Å². The Kier molecular flexibility index (Phi) is 8.01. The maximum absolute atomic E-state index is 13.5. The number of aromatic amines is 1. The van der Waals surface area contributed by atoms with Crippen LogP contribution >= 0.6 is 0 Å². The number of aromatic nitrogens is 1. The Morgan fingerprint density at radius 3 is 2.47 bits per heavy atom. The standard InChI is InChI=1S/C30H38N4O2/c35-29(32-20-23-14-17-33(18-15-23)21-24-7-3-1-4-8-24)22-34(27-9-5-2-6-10-27)30(36)26-12-11-25-13-16-31-28(25)19-26/h2,5-6,9-13,16,19,23-24,31H,1,3-4,7-8,14-15,17-18,20-22H2,(H,32,35). The molecule has 3 aromatic rings. The molecule has 0 atom stereocenters. The predicted molar refractivity (Wildman–Crippen MR) is 145 cm³/mol. The van der Waals surface area contributed by atoms with Gasteiger partial charge in [-0.05, 0) is 86.3 Å². The molecule has 1 aliphatic carbocycles. The first kappa shape index (κ1) is 24.6. The highest BCUT2D eigenvalue weighted by Gasteiger charge is 2.25. The van der Waals surface area contributed by atoms with Crippen LogP contribution in [-0.4, -0.2) is 54.4 Å². The fraction of sp³-hybridized carbons (Fsp3) is 0.467. The molecule has 1 aliphatic heterocycles. The lowest BCUT2D eigenvalue weighted by molar-refractivity contribution is -0.120. The largest absolute Gasteiger partial charge is 0.361 e. The van der Waals surface area contributed by atoms with Gasteiger partial charge in [0.2, 0.25) is 5.91 Å². The van der Waals surface area contributed by atoms with Gasteiger partial charge in [-0.3, -0.25) is 14.5 Å². The van der Waals surface area contributed by atoms with Gasteiger partial charge in [0.25, 0.3) is 5.91 Å². The van der Waals surface area contributed by atoms with Gasteiger partial charge in [0, 0.05) is 36.1 Å². The van der Waals surface area contributed by atoms with Crippen LogP contribution in [0.4, 0.5) is 5.69 Å². The zero-order chi connectivity index (χ0) is 24.7. The van der Waals surface area contributed by atoms with E-state index >= 15 is 0 Å². The number of benzene rings is 2. The van der Waals surface area contributed by atoms with Gasteiger partial charge < -0.3 is 15.2 Å². The van der Waals surface area contributed by atoms with E-state index in [2.05, 4.69) is 15.2 Å². The number of anilines is 1. The molecule has 1 saturated heterocycles. The molecule has 2 heterocycles. The summed E-state index contributed by atoms with van der Waals surface area (Å²) in [5.41, 5.74) is 2.19. The van der Waals surface area contributed by atoms with Gasteiger partial charge in [-0.15, -0.1) is 0 Å². The summed E-state index contributed by atoms with van der Waals surface area (Å²) in [6, 6.07) is 17.0. The molecule has 36 heavy (non-hydrogen) atoms.